The first-order valence-electron chi connectivity index (χ1n) is 21.2. The van der Waals surface area contributed by atoms with Crippen LogP contribution in [0, 0.1) is 23.2 Å². The Labute approximate surface area is 366 Å². The molecule has 3 heterocycles. The van der Waals surface area contributed by atoms with Crippen molar-refractivity contribution < 1.29 is 47.7 Å². The third kappa shape index (κ3) is 9.49. The minimum atomic E-state index is -1.21. The molecule has 0 radical (unpaired) electrons. The van der Waals surface area contributed by atoms with Gasteiger partial charge in [-0.15, -0.1) is 0 Å². The van der Waals surface area contributed by atoms with Crippen molar-refractivity contribution in [2.75, 3.05) is 26.1 Å². The van der Waals surface area contributed by atoms with Gasteiger partial charge in [-0.25, -0.2) is 24.4 Å². The number of pyridine rings is 2. The number of halogens is 1. The number of anilines is 1. The summed E-state index contributed by atoms with van der Waals surface area (Å²) in [7, 11) is 2.77. The summed E-state index contributed by atoms with van der Waals surface area (Å²) in [6, 6.07) is 7.96. The molecule has 1 aliphatic heterocycles. The smallest absolute Gasteiger partial charge is 0.413 e. The molecule has 62 heavy (non-hydrogen) atoms. The number of carbonyl (C=O) groups excluding carboxylic acids is 5. The third-order valence-corrected chi connectivity index (χ3v) is 12.6. The lowest BCUT2D eigenvalue weighted by molar-refractivity contribution is -0.148. The molecule has 3 saturated carbocycles. The van der Waals surface area contributed by atoms with E-state index < -0.39 is 64.7 Å². The van der Waals surface area contributed by atoms with Gasteiger partial charge in [-0.1, -0.05) is 51.8 Å². The van der Waals surface area contributed by atoms with E-state index in [1.807, 2.05) is 27.7 Å². The highest BCUT2D eigenvalue weighted by molar-refractivity contribution is 6.36. The molecule has 3 aromatic rings. The molecule has 0 bridgehead atoms. The average Bonchev–Trinajstić information content (AvgIpc) is 4.01. The van der Waals surface area contributed by atoms with Gasteiger partial charge in [0.05, 0.1) is 37.7 Å². The molecule has 4 fully saturated rings. The first-order valence-corrected chi connectivity index (χ1v) is 21.6. The van der Waals surface area contributed by atoms with E-state index in [9.17, 15) is 24.0 Å². The van der Waals surface area contributed by atoms with E-state index in [1.165, 1.54) is 19.1 Å². The van der Waals surface area contributed by atoms with Gasteiger partial charge in [0.2, 0.25) is 11.8 Å². The number of esters is 1. The molecule has 17 heteroatoms. The Bertz CT molecular complexity index is 2250. The van der Waals surface area contributed by atoms with Crippen molar-refractivity contribution in [2.24, 2.45) is 23.2 Å². The fourth-order valence-electron chi connectivity index (χ4n) is 8.84. The van der Waals surface area contributed by atoms with Gasteiger partial charge in [-0.2, -0.15) is 0 Å². The summed E-state index contributed by atoms with van der Waals surface area (Å²) in [5.74, 6) is 0.360. The highest BCUT2D eigenvalue weighted by Crippen LogP contribution is 2.52. The van der Waals surface area contributed by atoms with Gasteiger partial charge in [-0.3, -0.25) is 14.9 Å². The predicted octanol–water partition coefficient (Wildman–Crippen LogP) is 7.05. The van der Waals surface area contributed by atoms with Crippen LogP contribution in [0.5, 0.6) is 11.5 Å². The first kappa shape index (κ1) is 44.7. The third-order valence-electron chi connectivity index (χ3n) is 12.2. The van der Waals surface area contributed by atoms with Crippen molar-refractivity contribution in [1.82, 2.24) is 25.5 Å². The van der Waals surface area contributed by atoms with Crippen molar-refractivity contribution in [3.63, 3.8) is 0 Å². The molecule has 16 nitrogen and oxygen atoms in total. The minimum absolute atomic E-state index is 0.0361. The molecule has 3 aliphatic carbocycles. The lowest BCUT2D eigenvalue weighted by Crippen LogP contribution is -2.59. The maximum atomic E-state index is 14.8. The Kier molecular flexibility index (Phi) is 12.3. The summed E-state index contributed by atoms with van der Waals surface area (Å²) in [6.45, 7) is 12.6. The topological polar surface area (TPSA) is 197 Å². The number of benzene rings is 1. The summed E-state index contributed by atoms with van der Waals surface area (Å²) >= 11 is 6.87. The molecule has 4 aliphatic rings. The molecule has 1 unspecified atom stereocenters. The van der Waals surface area contributed by atoms with Crippen LogP contribution < -0.4 is 25.4 Å². The molecule has 1 aromatic carbocycles. The number of carbonyl (C=O) groups is 5. The van der Waals surface area contributed by atoms with E-state index in [0.29, 0.717) is 58.5 Å². The second-order valence-electron chi connectivity index (χ2n) is 19.0. The molecule has 3 N–H and O–H groups in total. The number of aromatic nitrogens is 2. The molecule has 2 aromatic heterocycles. The van der Waals surface area contributed by atoms with Gasteiger partial charge in [0.1, 0.15) is 57.8 Å². The van der Waals surface area contributed by atoms with Crippen LogP contribution in [0.15, 0.2) is 36.4 Å². The number of nitrogens with one attached hydrogen (secondary N) is 3. The van der Waals surface area contributed by atoms with E-state index >= 15 is 0 Å². The molecule has 0 spiro atoms. The quantitative estimate of drug-likeness (QED) is 0.124. The number of hydrogen-bond donors (Lipinski definition) is 3. The Morgan fingerprint density at radius 1 is 0.903 bits per heavy atom. The molecule has 4 amide bonds. The normalized spacial score (nSPS) is 25.5. The average molecular weight is 877 g/mol. The monoisotopic (exact) mass is 876 g/mol. The molecule has 7 rings (SSSR count). The zero-order valence-electron chi connectivity index (χ0n) is 36.8. The standard InChI is InChI=1S/C45H57ClN6O10/c1-10-25-21-45(25,40(55)59-9)51-38(53)31-19-27(22-52(31)39(54)37(43(2,3)4)50-41(56)61-26-17-23-16-24(23)18-26)60-33-20-30(48-36-28(33)14-15-32(58-8)35(36)46)29-12-11-13-34(47-29)49-42(57)62-44(5,6)7/h11-15,20,23-27,31,37H,10,16-19,21-22H2,1-9H3,(H,50,56)(H,51,53)(H,47,49,57)/t23-,24+,25-,26?,27-,31+,37-,45-/m1/s1. The lowest BCUT2D eigenvalue weighted by Gasteiger charge is -2.35. The fraction of sp³-hybridized carbons (Fsp3) is 0.578. The number of rotatable bonds is 12. The highest BCUT2D eigenvalue weighted by Gasteiger charge is 2.62. The number of methoxy groups -OCH3 is 2. The van der Waals surface area contributed by atoms with Crippen LogP contribution >= 0.6 is 11.6 Å². The van der Waals surface area contributed by atoms with Crippen molar-refractivity contribution in [3.8, 4) is 22.9 Å². The zero-order chi connectivity index (χ0) is 44.9. The van der Waals surface area contributed by atoms with Gasteiger partial charge in [0, 0.05) is 17.9 Å². The molecule has 334 valence electrons. The SMILES string of the molecule is CC[C@@H]1C[C@]1(NC(=O)[C@@H]1C[C@@H](Oc2cc(-c3cccc(NC(=O)OC(C)(C)C)n3)nc3c(Cl)c(OC)ccc23)CN1C(=O)[C@@H](NC(=O)OC1C[C@@H]2C[C@@H]2C1)C(C)(C)C)C(=O)OC. The zero-order valence-corrected chi connectivity index (χ0v) is 37.5. The van der Waals surface area contributed by atoms with Crippen molar-refractivity contribution >= 4 is 58.3 Å². The number of ether oxygens (including phenoxy) is 5. The Hall–Kier alpha value is -5.38. The summed E-state index contributed by atoms with van der Waals surface area (Å²) in [4.78, 5) is 79.2. The van der Waals surface area contributed by atoms with Crippen LogP contribution in [-0.4, -0.2) is 101 Å². The summed E-state index contributed by atoms with van der Waals surface area (Å²) < 4.78 is 28.6. The van der Waals surface area contributed by atoms with E-state index in [2.05, 4.69) is 20.9 Å². The van der Waals surface area contributed by atoms with Crippen LogP contribution in [0.1, 0.15) is 87.0 Å². The van der Waals surface area contributed by atoms with Crippen LogP contribution in [0.2, 0.25) is 5.02 Å². The largest absolute Gasteiger partial charge is 0.495 e. The van der Waals surface area contributed by atoms with Crippen molar-refractivity contribution in [2.45, 2.75) is 122 Å². The number of fused-ring (bicyclic) bond motifs is 2. The second-order valence-corrected chi connectivity index (χ2v) is 19.3. The van der Waals surface area contributed by atoms with Crippen molar-refractivity contribution in [3.05, 3.63) is 41.4 Å². The van der Waals surface area contributed by atoms with Crippen molar-refractivity contribution in [1.29, 1.82) is 0 Å². The lowest BCUT2D eigenvalue weighted by atomic mass is 9.85. The molecule has 1 saturated heterocycles. The van der Waals surface area contributed by atoms with Crippen LogP contribution in [0.25, 0.3) is 22.3 Å². The number of hydrogen-bond acceptors (Lipinski definition) is 12. The van der Waals surface area contributed by atoms with Gasteiger partial charge in [0.15, 0.2) is 0 Å². The summed E-state index contributed by atoms with van der Waals surface area (Å²) in [5.41, 5.74) is -1.70. The van der Waals surface area contributed by atoms with Gasteiger partial charge in [-0.05, 0) is 93.9 Å². The molecular formula is C45H57ClN6O10. The van der Waals surface area contributed by atoms with Gasteiger partial charge in [0.25, 0.3) is 0 Å². The summed E-state index contributed by atoms with van der Waals surface area (Å²) in [6.07, 6.45) is 1.53. The number of likely N-dealkylation sites (tertiary alicyclic amines) is 1. The molecular weight excluding hydrogens is 820 g/mol. The Balaban J connectivity index is 1.21. The van der Waals surface area contributed by atoms with Crippen LogP contribution in [0.4, 0.5) is 15.4 Å². The Morgan fingerprint density at radius 2 is 1.63 bits per heavy atom. The maximum Gasteiger partial charge on any atom is 0.413 e. The second kappa shape index (κ2) is 17.1. The van der Waals surface area contributed by atoms with Gasteiger partial charge >= 0.3 is 18.2 Å². The first-order chi connectivity index (χ1) is 29.2. The predicted molar refractivity (Wildman–Crippen MR) is 230 cm³/mol. The van der Waals surface area contributed by atoms with E-state index in [4.69, 9.17) is 40.3 Å². The number of nitrogens with zero attached hydrogens (tertiary/aromatic N) is 3. The summed E-state index contributed by atoms with van der Waals surface area (Å²) in [5, 5.41) is 9.17. The van der Waals surface area contributed by atoms with E-state index in [-0.39, 0.29) is 35.8 Å². The molecule has 8 atom stereocenters. The van der Waals surface area contributed by atoms with E-state index in [0.717, 1.165) is 19.3 Å². The number of amides is 4. The Morgan fingerprint density at radius 3 is 2.26 bits per heavy atom. The van der Waals surface area contributed by atoms with Gasteiger partial charge < -0.3 is 39.2 Å². The minimum Gasteiger partial charge on any atom is -0.495 e. The van der Waals surface area contributed by atoms with Crippen LogP contribution in [0.3, 0.4) is 0 Å². The fourth-order valence-corrected chi connectivity index (χ4v) is 9.12. The maximum absolute atomic E-state index is 14.8. The number of alkyl carbamates (subject to hydrolysis) is 1. The van der Waals surface area contributed by atoms with Crippen LogP contribution in [-0.2, 0) is 28.6 Å². The van der Waals surface area contributed by atoms with E-state index in [1.54, 1.807) is 57.2 Å². The highest BCUT2D eigenvalue weighted by atomic mass is 35.5.